The summed E-state index contributed by atoms with van der Waals surface area (Å²) in [6, 6.07) is 19.8. The Labute approximate surface area is 126 Å². The third kappa shape index (κ3) is 2.27. The summed E-state index contributed by atoms with van der Waals surface area (Å²) in [4.78, 5) is 0. The van der Waals surface area contributed by atoms with E-state index in [1.54, 1.807) is 5.56 Å². The van der Waals surface area contributed by atoms with Crippen LogP contribution in [0.3, 0.4) is 0 Å². The summed E-state index contributed by atoms with van der Waals surface area (Å²) in [7, 11) is 0. The van der Waals surface area contributed by atoms with Crippen molar-refractivity contribution in [1.29, 1.82) is 0 Å². The molecule has 0 unspecified atom stereocenters. The van der Waals surface area contributed by atoms with E-state index in [4.69, 9.17) is 0 Å². The molecule has 0 N–H and O–H groups in total. The summed E-state index contributed by atoms with van der Waals surface area (Å²) in [5.41, 5.74) is 5.60. The molecule has 0 spiro atoms. The van der Waals surface area contributed by atoms with Gasteiger partial charge in [-0.05, 0) is 48.1 Å². The second kappa shape index (κ2) is 5.40. The maximum Gasteiger partial charge on any atom is 0.0563 e. The average Bonchev–Trinajstić information content (AvgIpc) is 2.96. The Hall–Kier alpha value is -2.02. The molecule has 0 bridgehead atoms. The van der Waals surface area contributed by atoms with Gasteiger partial charge >= 0.3 is 0 Å². The molecule has 2 aromatic heterocycles. The topological polar surface area (TPSA) is 4.41 Å². The Kier molecular flexibility index (Phi) is 3.27. The van der Waals surface area contributed by atoms with Crippen LogP contribution in [0.5, 0.6) is 0 Å². The van der Waals surface area contributed by atoms with Crippen LogP contribution in [-0.4, -0.2) is 4.40 Å². The van der Waals surface area contributed by atoms with E-state index in [9.17, 15) is 0 Å². The monoisotopic (exact) mass is 275 g/mol. The Morgan fingerprint density at radius 2 is 1.57 bits per heavy atom. The molecule has 0 atom stereocenters. The Balaban J connectivity index is 1.92. The van der Waals surface area contributed by atoms with Gasteiger partial charge in [0.25, 0.3) is 0 Å². The van der Waals surface area contributed by atoms with Crippen LogP contribution < -0.4 is 0 Å². The minimum Gasteiger partial charge on any atom is -0.316 e. The standard InChI is InChI=1S/C20H21N/c1-3-9-16(10-4-1)19-15-18-13-7-8-14-21(18)20(19)17-11-5-2-6-12-17/h2,5-8,11-16H,1,3-4,9-10H2. The molecule has 1 aliphatic carbocycles. The normalized spacial score (nSPS) is 16.4. The molecule has 4 rings (SSSR count). The fourth-order valence-corrected chi connectivity index (χ4v) is 3.77. The van der Waals surface area contributed by atoms with Crippen LogP contribution in [0.25, 0.3) is 16.8 Å². The molecule has 0 amide bonds. The smallest absolute Gasteiger partial charge is 0.0563 e. The maximum absolute atomic E-state index is 2.42. The Morgan fingerprint density at radius 3 is 2.38 bits per heavy atom. The second-order valence-electron chi connectivity index (χ2n) is 6.14. The van der Waals surface area contributed by atoms with E-state index >= 15 is 0 Å². The molecule has 1 fully saturated rings. The lowest BCUT2D eigenvalue weighted by molar-refractivity contribution is 0.444. The molecule has 3 aromatic rings. The van der Waals surface area contributed by atoms with E-state index in [1.165, 1.54) is 48.9 Å². The van der Waals surface area contributed by atoms with Crippen LogP contribution in [0.1, 0.15) is 43.6 Å². The summed E-state index contributed by atoms with van der Waals surface area (Å²) >= 11 is 0. The summed E-state index contributed by atoms with van der Waals surface area (Å²) in [6.07, 6.45) is 9.05. The molecule has 1 heteroatoms. The SMILES string of the molecule is c1ccc(-c2c(C3CCCCC3)cc3ccccn23)cc1. The van der Waals surface area contributed by atoms with E-state index < -0.39 is 0 Å². The first kappa shape index (κ1) is 12.7. The number of hydrogen-bond donors (Lipinski definition) is 0. The van der Waals surface area contributed by atoms with Gasteiger partial charge in [0.05, 0.1) is 5.69 Å². The van der Waals surface area contributed by atoms with E-state index in [0.717, 1.165) is 5.92 Å². The van der Waals surface area contributed by atoms with Gasteiger partial charge in [0.1, 0.15) is 0 Å². The van der Waals surface area contributed by atoms with Crippen molar-refractivity contribution < 1.29 is 0 Å². The van der Waals surface area contributed by atoms with Crippen LogP contribution in [0.15, 0.2) is 60.8 Å². The van der Waals surface area contributed by atoms with Gasteiger partial charge in [-0.1, -0.05) is 55.7 Å². The van der Waals surface area contributed by atoms with Gasteiger partial charge in [-0.3, -0.25) is 0 Å². The predicted molar refractivity (Wildman–Crippen MR) is 88.7 cm³/mol. The van der Waals surface area contributed by atoms with Crippen LogP contribution in [0, 0.1) is 0 Å². The number of hydrogen-bond acceptors (Lipinski definition) is 0. The van der Waals surface area contributed by atoms with Gasteiger partial charge in [-0.15, -0.1) is 0 Å². The zero-order valence-corrected chi connectivity index (χ0v) is 12.3. The third-order valence-corrected chi connectivity index (χ3v) is 4.80. The molecule has 1 saturated carbocycles. The molecular weight excluding hydrogens is 254 g/mol. The molecule has 0 saturated heterocycles. The van der Waals surface area contributed by atoms with Crippen molar-refractivity contribution in [1.82, 2.24) is 4.40 Å². The highest BCUT2D eigenvalue weighted by Gasteiger charge is 2.22. The summed E-state index contributed by atoms with van der Waals surface area (Å²) in [6.45, 7) is 0. The molecule has 0 aliphatic heterocycles. The minimum atomic E-state index is 0.730. The first-order chi connectivity index (χ1) is 10.4. The van der Waals surface area contributed by atoms with Gasteiger partial charge in [0.2, 0.25) is 0 Å². The van der Waals surface area contributed by atoms with Crippen molar-refractivity contribution in [2.75, 3.05) is 0 Å². The van der Waals surface area contributed by atoms with Crippen LogP contribution in [0.2, 0.25) is 0 Å². The van der Waals surface area contributed by atoms with E-state index in [2.05, 4.69) is 65.2 Å². The molecule has 1 aromatic carbocycles. The Bertz CT molecular complexity index is 733. The number of nitrogens with zero attached hydrogens (tertiary/aromatic N) is 1. The minimum absolute atomic E-state index is 0.730. The molecular formula is C20H21N. The second-order valence-corrected chi connectivity index (χ2v) is 6.14. The van der Waals surface area contributed by atoms with Gasteiger partial charge in [-0.2, -0.15) is 0 Å². The zero-order chi connectivity index (χ0) is 14.1. The van der Waals surface area contributed by atoms with E-state index in [-0.39, 0.29) is 0 Å². The quantitative estimate of drug-likeness (QED) is 0.569. The fraction of sp³-hybridized carbons (Fsp3) is 0.300. The number of rotatable bonds is 2. The first-order valence-electron chi connectivity index (χ1n) is 8.09. The van der Waals surface area contributed by atoms with E-state index in [1.807, 2.05) is 0 Å². The van der Waals surface area contributed by atoms with Gasteiger partial charge < -0.3 is 4.40 Å². The highest BCUT2D eigenvalue weighted by atomic mass is 14.9. The van der Waals surface area contributed by atoms with Gasteiger partial charge in [0.15, 0.2) is 0 Å². The molecule has 21 heavy (non-hydrogen) atoms. The van der Waals surface area contributed by atoms with Crippen LogP contribution in [-0.2, 0) is 0 Å². The van der Waals surface area contributed by atoms with Crippen molar-refractivity contribution in [3.63, 3.8) is 0 Å². The highest BCUT2D eigenvalue weighted by molar-refractivity contribution is 5.72. The van der Waals surface area contributed by atoms with Crippen molar-refractivity contribution in [2.24, 2.45) is 0 Å². The molecule has 1 nitrogen and oxygen atoms in total. The lowest BCUT2D eigenvalue weighted by Crippen LogP contribution is -2.05. The Morgan fingerprint density at radius 1 is 0.810 bits per heavy atom. The summed E-state index contributed by atoms with van der Waals surface area (Å²) in [5, 5.41) is 0. The summed E-state index contributed by atoms with van der Waals surface area (Å²) in [5.74, 6) is 0.730. The van der Waals surface area contributed by atoms with Crippen LogP contribution >= 0.6 is 0 Å². The van der Waals surface area contributed by atoms with Crippen molar-refractivity contribution in [3.8, 4) is 11.3 Å². The highest BCUT2D eigenvalue weighted by Crippen LogP contribution is 2.39. The zero-order valence-electron chi connectivity index (χ0n) is 12.3. The number of pyridine rings is 1. The fourth-order valence-electron chi connectivity index (χ4n) is 3.77. The van der Waals surface area contributed by atoms with E-state index in [0.29, 0.717) is 0 Å². The lowest BCUT2D eigenvalue weighted by atomic mass is 9.83. The average molecular weight is 275 g/mol. The van der Waals surface area contributed by atoms with Crippen molar-refractivity contribution in [3.05, 3.63) is 66.4 Å². The molecule has 1 aliphatic rings. The first-order valence-corrected chi connectivity index (χ1v) is 8.09. The lowest BCUT2D eigenvalue weighted by Gasteiger charge is -2.22. The van der Waals surface area contributed by atoms with Gasteiger partial charge in [0, 0.05) is 11.7 Å². The van der Waals surface area contributed by atoms with Crippen LogP contribution in [0.4, 0.5) is 0 Å². The number of fused-ring (bicyclic) bond motifs is 1. The number of aromatic nitrogens is 1. The third-order valence-electron chi connectivity index (χ3n) is 4.80. The molecule has 106 valence electrons. The molecule has 2 heterocycles. The van der Waals surface area contributed by atoms with Crippen molar-refractivity contribution >= 4 is 5.52 Å². The summed E-state index contributed by atoms with van der Waals surface area (Å²) < 4.78 is 2.36. The van der Waals surface area contributed by atoms with Crippen molar-refractivity contribution in [2.45, 2.75) is 38.0 Å². The predicted octanol–water partition coefficient (Wildman–Crippen LogP) is 5.65. The van der Waals surface area contributed by atoms with Gasteiger partial charge in [-0.25, -0.2) is 0 Å². The number of benzene rings is 1. The maximum atomic E-state index is 2.42. The molecule has 0 radical (unpaired) electrons. The largest absolute Gasteiger partial charge is 0.316 e.